The van der Waals surface area contributed by atoms with E-state index in [1.165, 1.54) is 5.56 Å². The minimum atomic E-state index is -0.237. The van der Waals surface area contributed by atoms with E-state index in [9.17, 15) is 4.79 Å². The van der Waals surface area contributed by atoms with Crippen molar-refractivity contribution >= 4 is 17.5 Å². The van der Waals surface area contributed by atoms with Gasteiger partial charge in [0.15, 0.2) is 0 Å². The molecule has 0 saturated carbocycles. The zero-order valence-corrected chi connectivity index (χ0v) is 13.3. The van der Waals surface area contributed by atoms with Gasteiger partial charge < -0.3 is 10.6 Å². The van der Waals surface area contributed by atoms with Crippen LogP contribution in [-0.4, -0.2) is 22.4 Å². The van der Waals surface area contributed by atoms with E-state index in [0.717, 1.165) is 18.7 Å². The summed E-state index contributed by atoms with van der Waals surface area (Å²) in [5.74, 6) is 0.722. The van der Waals surface area contributed by atoms with Crippen LogP contribution in [0.25, 0.3) is 0 Å². The van der Waals surface area contributed by atoms with Crippen molar-refractivity contribution in [1.29, 1.82) is 0 Å². The van der Waals surface area contributed by atoms with Gasteiger partial charge in [0.05, 0.1) is 0 Å². The van der Waals surface area contributed by atoms with Crippen LogP contribution in [0.15, 0.2) is 36.5 Å². The number of aromatic nitrogens is 2. The van der Waals surface area contributed by atoms with Crippen molar-refractivity contribution in [3.63, 3.8) is 0 Å². The number of nitrogens with zero attached hydrogens (tertiary/aromatic N) is 2. The van der Waals surface area contributed by atoms with E-state index in [1.807, 2.05) is 24.3 Å². The fourth-order valence-electron chi connectivity index (χ4n) is 1.88. The Balaban J connectivity index is 2.03. The molecule has 0 spiro atoms. The molecule has 1 aromatic heterocycles. The van der Waals surface area contributed by atoms with Gasteiger partial charge in [0.2, 0.25) is 5.95 Å². The van der Waals surface area contributed by atoms with Crippen molar-refractivity contribution in [3.8, 4) is 0 Å². The molecule has 1 amide bonds. The number of benzene rings is 1. The maximum atomic E-state index is 12.2. The molecule has 0 aliphatic carbocycles. The number of aryl methyl sites for hydroxylation is 1. The Morgan fingerprint density at radius 1 is 1.18 bits per heavy atom. The molecule has 22 heavy (non-hydrogen) atoms. The fraction of sp³-hybridized carbons (Fsp3) is 0.353. The second kappa shape index (κ2) is 7.54. The highest BCUT2D eigenvalue weighted by atomic mass is 16.1. The van der Waals surface area contributed by atoms with Crippen molar-refractivity contribution in [2.45, 2.75) is 27.2 Å². The van der Waals surface area contributed by atoms with Crippen LogP contribution >= 0.6 is 0 Å². The van der Waals surface area contributed by atoms with Crippen LogP contribution in [0.5, 0.6) is 0 Å². The third kappa shape index (κ3) is 4.55. The highest BCUT2D eigenvalue weighted by Gasteiger charge is 2.09. The molecule has 0 radical (unpaired) electrons. The largest absolute Gasteiger partial charge is 0.354 e. The van der Waals surface area contributed by atoms with Crippen LogP contribution in [0.1, 0.15) is 36.8 Å². The Morgan fingerprint density at radius 3 is 2.55 bits per heavy atom. The lowest BCUT2D eigenvalue weighted by Crippen LogP contribution is -2.16. The van der Waals surface area contributed by atoms with Crippen molar-refractivity contribution in [1.82, 2.24) is 9.97 Å². The molecule has 2 aromatic rings. The molecular weight excluding hydrogens is 276 g/mol. The summed E-state index contributed by atoms with van der Waals surface area (Å²) in [7, 11) is 0. The zero-order valence-electron chi connectivity index (χ0n) is 13.3. The van der Waals surface area contributed by atoms with Gasteiger partial charge in [-0.3, -0.25) is 4.79 Å². The molecule has 0 saturated heterocycles. The van der Waals surface area contributed by atoms with E-state index in [0.29, 0.717) is 17.6 Å². The average molecular weight is 298 g/mol. The molecule has 0 atom stereocenters. The van der Waals surface area contributed by atoms with Gasteiger partial charge in [-0.05, 0) is 36.1 Å². The second-order valence-electron chi connectivity index (χ2n) is 5.54. The van der Waals surface area contributed by atoms with Gasteiger partial charge in [0.1, 0.15) is 5.69 Å². The predicted octanol–water partition coefficient (Wildman–Crippen LogP) is 3.36. The molecule has 5 heteroatoms. The number of hydrogen-bond acceptors (Lipinski definition) is 4. The molecule has 0 unspecified atom stereocenters. The SMILES string of the molecule is CCc1ccc(NC(=O)c2ccnc(NCC(C)C)n2)cc1. The summed E-state index contributed by atoms with van der Waals surface area (Å²) in [6.07, 6.45) is 2.57. The quantitative estimate of drug-likeness (QED) is 0.858. The molecular formula is C17H22N4O. The fourth-order valence-corrected chi connectivity index (χ4v) is 1.88. The van der Waals surface area contributed by atoms with E-state index in [2.05, 4.69) is 41.4 Å². The second-order valence-corrected chi connectivity index (χ2v) is 5.54. The van der Waals surface area contributed by atoms with E-state index in [-0.39, 0.29) is 5.91 Å². The van der Waals surface area contributed by atoms with Gasteiger partial charge >= 0.3 is 0 Å². The molecule has 1 heterocycles. The highest BCUT2D eigenvalue weighted by Crippen LogP contribution is 2.11. The maximum absolute atomic E-state index is 12.2. The minimum absolute atomic E-state index is 0.237. The molecule has 0 aliphatic rings. The topological polar surface area (TPSA) is 66.9 Å². The first-order valence-corrected chi connectivity index (χ1v) is 7.55. The van der Waals surface area contributed by atoms with Crippen LogP contribution in [0, 0.1) is 5.92 Å². The van der Waals surface area contributed by atoms with Crippen molar-refractivity contribution in [2.24, 2.45) is 5.92 Å². The molecule has 0 aliphatic heterocycles. The number of hydrogen-bond donors (Lipinski definition) is 2. The van der Waals surface area contributed by atoms with Crippen LogP contribution < -0.4 is 10.6 Å². The van der Waals surface area contributed by atoms with Crippen LogP contribution in [0.3, 0.4) is 0 Å². The summed E-state index contributed by atoms with van der Waals surface area (Å²) < 4.78 is 0. The minimum Gasteiger partial charge on any atom is -0.354 e. The van der Waals surface area contributed by atoms with E-state index in [4.69, 9.17) is 0 Å². The summed E-state index contributed by atoms with van der Waals surface area (Å²) in [5, 5.41) is 5.96. The van der Waals surface area contributed by atoms with Gasteiger partial charge in [0.25, 0.3) is 5.91 Å². The number of anilines is 2. The van der Waals surface area contributed by atoms with E-state index >= 15 is 0 Å². The number of amides is 1. The summed E-state index contributed by atoms with van der Waals surface area (Å²) in [5.41, 5.74) is 2.35. The Kier molecular flexibility index (Phi) is 5.47. The Morgan fingerprint density at radius 2 is 1.91 bits per heavy atom. The summed E-state index contributed by atoms with van der Waals surface area (Å²) in [6.45, 7) is 7.07. The van der Waals surface area contributed by atoms with Crippen molar-refractivity contribution < 1.29 is 4.79 Å². The summed E-state index contributed by atoms with van der Waals surface area (Å²) >= 11 is 0. The maximum Gasteiger partial charge on any atom is 0.274 e. The molecule has 5 nitrogen and oxygen atoms in total. The molecule has 0 bridgehead atoms. The molecule has 1 aromatic carbocycles. The number of carbonyl (C=O) groups is 1. The van der Waals surface area contributed by atoms with E-state index in [1.54, 1.807) is 12.3 Å². The monoisotopic (exact) mass is 298 g/mol. The lowest BCUT2D eigenvalue weighted by atomic mass is 10.1. The van der Waals surface area contributed by atoms with Crippen LogP contribution in [-0.2, 0) is 6.42 Å². The van der Waals surface area contributed by atoms with Gasteiger partial charge in [-0.15, -0.1) is 0 Å². The first-order valence-electron chi connectivity index (χ1n) is 7.55. The van der Waals surface area contributed by atoms with E-state index < -0.39 is 0 Å². The van der Waals surface area contributed by atoms with Crippen molar-refractivity contribution in [2.75, 3.05) is 17.2 Å². The number of nitrogens with one attached hydrogen (secondary N) is 2. The summed E-state index contributed by atoms with van der Waals surface area (Å²) in [4.78, 5) is 20.6. The predicted molar refractivity (Wildman–Crippen MR) is 89.1 cm³/mol. The lowest BCUT2D eigenvalue weighted by Gasteiger charge is -2.09. The Hall–Kier alpha value is -2.43. The van der Waals surface area contributed by atoms with Gasteiger partial charge in [-0.25, -0.2) is 9.97 Å². The van der Waals surface area contributed by atoms with Gasteiger partial charge in [-0.1, -0.05) is 32.9 Å². The normalized spacial score (nSPS) is 10.5. The average Bonchev–Trinajstić information content (AvgIpc) is 2.54. The molecule has 2 N–H and O–H groups in total. The third-order valence-electron chi connectivity index (χ3n) is 3.18. The smallest absolute Gasteiger partial charge is 0.274 e. The molecule has 2 rings (SSSR count). The molecule has 116 valence electrons. The van der Waals surface area contributed by atoms with Crippen LogP contribution in [0.4, 0.5) is 11.6 Å². The number of carbonyl (C=O) groups excluding carboxylic acids is 1. The van der Waals surface area contributed by atoms with Crippen molar-refractivity contribution in [3.05, 3.63) is 47.8 Å². The summed E-state index contributed by atoms with van der Waals surface area (Å²) in [6, 6.07) is 9.42. The van der Waals surface area contributed by atoms with Gasteiger partial charge in [-0.2, -0.15) is 0 Å². The Bertz CT molecular complexity index is 623. The standard InChI is InChI=1S/C17H22N4O/c1-4-13-5-7-14(8-6-13)20-16(22)15-9-10-18-17(21-15)19-11-12(2)3/h5-10,12H,4,11H2,1-3H3,(H,20,22)(H,18,19,21). The first kappa shape index (κ1) is 15.9. The van der Waals surface area contributed by atoms with Gasteiger partial charge in [0, 0.05) is 18.4 Å². The highest BCUT2D eigenvalue weighted by molar-refractivity contribution is 6.02. The van der Waals surface area contributed by atoms with Crippen LogP contribution in [0.2, 0.25) is 0 Å². The molecule has 0 fully saturated rings. The zero-order chi connectivity index (χ0) is 15.9. The lowest BCUT2D eigenvalue weighted by molar-refractivity contribution is 0.102. The number of rotatable bonds is 6. The first-order chi connectivity index (χ1) is 10.6. The third-order valence-corrected chi connectivity index (χ3v) is 3.18. The Labute approximate surface area is 131 Å².